The number of nitrogens with one attached hydrogen (secondary N) is 2. The molecule has 0 saturated carbocycles. The Labute approximate surface area is 209 Å². The summed E-state index contributed by atoms with van der Waals surface area (Å²) in [6, 6.07) is 14.3. The summed E-state index contributed by atoms with van der Waals surface area (Å²) in [5.74, 6) is 0.812. The number of halogens is 1. The quantitative estimate of drug-likeness (QED) is 0.359. The Morgan fingerprint density at radius 2 is 1.79 bits per heavy atom. The highest BCUT2D eigenvalue weighted by molar-refractivity contribution is 7.99. The molecule has 0 bridgehead atoms. The van der Waals surface area contributed by atoms with Gasteiger partial charge in [0.25, 0.3) is 5.91 Å². The van der Waals surface area contributed by atoms with E-state index in [1.165, 1.54) is 11.8 Å². The summed E-state index contributed by atoms with van der Waals surface area (Å²) in [6.07, 6.45) is 0.687. The Bertz CT molecular complexity index is 1150. The highest BCUT2D eigenvalue weighted by Crippen LogP contribution is 2.26. The van der Waals surface area contributed by atoms with Crippen LogP contribution in [0.25, 0.3) is 0 Å². The lowest BCUT2D eigenvalue weighted by Gasteiger charge is -2.21. The number of anilines is 1. The molecule has 1 aromatic heterocycles. The van der Waals surface area contributed by atoms with Gasteiger partial charge in [-0.1, -0.05) is 67.5 Å². The zero-order chi connectivity index (χ0) is 24.7. The molecule has 1 unspecified atom stereocenters. The third-order valence-corrected chi connectivity index (χ3v) is 6.55. The second-order valence-corrected chi connectivity index (χ2v) is 9.72. The van der Waals surface area contributed by atoms with Gasteiger partial charge in [0.1, 0.15) is 0 Å². The molecule has 0 fully saturated rings. The van der Waals surface area contributed by atoms with Crippen LogP contribution >= 0.6 is 23.4 Å². The fourth-order valence-electron chi connectivity index (χ4n) is 3.57. The minimum absolute atomic E-state index is 0.114. The minimum atomic E-state index is -0.341. The van der Waals surface area contributed by atoms with Gasteiger partial charge in [0.2, 0.25) is 5.91 Å². The first-order chi connectivity index (χ1) is 16.3. The van der Waals surface area contributed by atoms with Gasteiger partial charge in [-0.2, -0.15) is 0 Å². The van der Waals surface area contributed by atoms with Crippen LogP contribution in [0.3, 0.4) is 0 Å². The van der Waals surface area contributed by atoms with E-state index in [4.69, 9.17) is 11.6 Å². The van der Waals surface area contributed by atoms with Crippen LogP contribution in [-0.4, -0.2) is 32.3 Å². The molecular formula is C25H30ClN5O2S. The summed E-state index contributed by atoms with van der Waals surface area (Å²) in [4.78, 5) is 25.4. The summed E-state index contributed by atoms with van der Waals surface area (Å²) in [7, 11) is 0. The number of aryl methyl sites for hydroxylation is 1. The third kappa shape index (κ3) is 6.61. The number of hydrogen-bond donors (Lipinski definition) is 2. The van der Waals surface area contributed by atoms with E-state index < -0.39 is 0 Å². The van der Waals surface area contributed by atoms with E-state index >= 15 is 0 Å². The SMILES string of the molecule is CCn1c(SCC(=O)Nc2ccccc2C)nnc1C(CC(C)C)NC(=O)c1ccccc1Cl. The number of amides is 2. The Kier molecular flexibility index (Phi) is 9.12. The molecule has 34 heavy (non-hydrogen) atoms. The molecule has 2 aromatic carbocycles. The van der Waals surface area contributed by atoms with Crippen molar-refractivity contribution in [1.29, 1.82) is 0 Å². The first-order valence-electron chi connectivity index (χ1n) is 11.3. The summed E-state index contributed by atoms with van der Waals surface area (Å²) < 4.78 is 1.95. The van der Waals surface area contributed by atoms with E-state index in [2.05, 4.69) is 34.7 Å². The van der Waals surface area contributed by atoms with Crippen LogP contribution in [0.5, 0.6) is 0 Å². The van der Waals surface area contributed by atoms with Crippen molar-refractivity contribution in [3.8, 4) is 0 Å². The third-order valence-electron chi connectivity index (χ3n) is 5.26. The Morgan fingerprint density at radius 3 is 2.47 bits per heavy atom. The number of para-hydroxylation sites is 1. The zero-order valence-corrected chi connectivity index (χ0v) is 21.4. The number of rotatable bonds is 10. The molecule has 0 spiro atoms. The highest BCUT2D eigenvalue weighted by atomic mass is 35.5. The average molecular weight is 500 g/mol. The lowest BCUT2D eigenvalue weighted by Crippen LogP contribution is -2.31. The number of aromatic nitrogens is 3. The molecule has 3 rings (SSSR count). The molecule has 7 nitrogen and oxygen atoms in total. The van der Waals surface area contributed by atoms with Gasteiger partial charge in [0.15, 0.2) is 11.0 Å². The van der Waals surface area contributed by atoms with Crippen LogP contribution in [0, 0.1) is 12.8 Å². The van der Waals surface area contributed by atoms with Crippen LogP contribution in [0.1, 0.15) is 55.0 Å². The first-order valence-corrected chi connectivity index (χ1v) is 12.6. The van der Waals surface area contributed by atoms with Crippen LogP contribution in [0.2, 0.25) is 5.02 Å². The predicted octanol–water partition coefficient (Wildman–Crippen LogP) is 5.51. The van der Waals surface area contributed by atoms with Gasteiger partial charge in [0.05, 0.1) is 22.4 Å². The molecular weight excluding hydrogens is 470 g/mol. The van der Waals surface area contributed by atoms with E-state index in [0.717, 1.165) is 11.3 Å². The number of carbonyl (C=O) groups is 2. The minimum Gasteiger partial charge on any atom is -0.342 e. The maximum Gasteiger partial charge on any atom is 0.253 e. The molecule has 0 aliphatic heterocycles. The fourth-order valence-corrected chi connectivity index (χ4v) is 4.60. The van der Waals surface area contributed by atoms with Gasteiger partial charge in [-0.3, -0.25) is 9.59 Å². The second kappa shape index (κ2) is 12.0. The molecule has 0 radical (unpaired) electrons. The molecule has 3 aromatic rings. The van der Waals surface area contributed by atoms with Gasteiger partial charge in [0, 0.05) is 12.2 Å². The number of thioether (sulfide) groups is 1. The first kappa shape index (κ1) is 25.8. The van der Waals surface area contributed by atoms with E-state index in [9.17, 15) is 9.59 Å². The Hall–Kier alpha value is -2.84. The van der Waals surface area contributed by atoms with Crippen molar-refractivity contribution in [2.24, 2.45) is 5.92 Å². The molecule has 1 heterocycles. The number of nitrogens with zero attached hydrogens (tertiary/aromatic N) is 3. The van der Waals surface area contributed by atoms with Crippen molar-refractivity contribution >= 4 is 40.9 Å². The maximum atomic E-state index is 12.9. The standard InChI is InChI=1S/C25H30ClN5O2S/c1-5-31-23(21(14-16(2)3)28-24(33)18-11-7-8-12-19(18)26)29-30-25(31)34-15-22(32)27-20-13-9-6-10-17(20)4/h6-13,16,21H,5,14-15H2,1-4H3,(H,27,32)(H,28,33). The second-order valence-electron chi connectivity index (χ2n) is 8.37. The fraction of sp³-hybridized carbons (Fsp3) is 0.360. The van der Waals surface area contributed by atoms with Gasteiger partial charge < -0.3 is 15.2 Å². The highest BCUT2D eigenvalue weighted by Gasteiger charge is 2.25. The molecule has 1 atom stereocenters. The monoisotopic (exact) mass is 499 g/mol. The average Bonchev–Trinajstić information content (AvgIpc) is 3.21. The van der Waals surface area contributed by atoms with Gasteiger partial charge in [-0.25, -0.2) is 0 Å². The van der Waals surface area contributed by atoms with Crippen LogP contribution in [0.15, 0.2) is 53.7 Å². The summed E-state index contributed by atoms with van der Waals surface area (Å²) in [6.45, 7) is 8.74. The topological polar surface area (TPSA) is 88.9 Å². The molecule has 180 valence electrons. The summed E-state index contributed by atoms with van der Waals surface area (Å²) >= 11 is 7.54. The van der Waals surface area contributed by atoms with E-state index in [0.29, 0.717) is 40.5 Å². The molecule has 2 N–H and O–H groups in total. The van der Waals surface area contributed by atoms with Crippen molar-refractivity contribution in [2.45, 2.75) is 51.9 Å². The van der Waals surface area contributed by atoms with Crippen molar-refractivity contribution in [2.75, 3.05) is 11.1 Å². The smallest absolute Gasteiger partial charge is 0.253 e. The van der Waals surface area contributed by atoms with Crippen molar-refractivity contribution in [1.82, 2.24) is 20.1 Å². The Balaban J connectivity index is 1.74. The lowest BCUT2D eigenvalue weighted by atomic mass is 10.0. The van der Waals surface area contributed by atoms with E-state index in [-0.39, 0.29) is 23.6 Å². The van der Waals surface area contributed by atoms with E-state index in [1.54, 1.807) is 24.3 Å². The van der Waals surface area contributed by atoms with Crippen LogP contribution in [-0.2, 0) is 11.3 Å². The number of hydrogen-bond acceptors (Lipinski definition) is 5. The van der Waals surface area contributed by atoms with Crippen molar-refractivity contribution in [3.05, 3.63) is 70.5 Å². The molecule has 0 saturated heterocycles. The number of benzene rings is 2. The van der Waals surface area contributed by atoms with Crippen molar-refractivity contribution in [3.63, 3.8) is 0 Å². The van der Waals surface area contributed by atoms with E-state index in [1.807, 2.05) is 42.7 Å². The zero-order valence-electron chi connectivity index (χ0n) is 19.8. The summed E-state index contributed by atoms with van der Waals surface area (Å²) in [5.41, 5.74) is 2.22. The molecule has 0 aliphatic carbocycles. The number of carbonyl (C=O) groups excluding carboxylic acids is 2. The normalized spacial score (nSPS) is 11.9. The maximum absolute atomic E-state index is 12.9. The van der Waals surface area contributed by atoms with Gasteiger partial charge >= 0.3 is 0 Å². The predicted molar refractivity (Wildman–Crippen MR) is 137 cm³/mol. The molecule has 0 aliphatic rings. The van der Waals surface area contributed by atoms with Crippen LogP contribution in [0.4, 0.5) is 5.69 Å². The lowest BCUT2D eigenvalue weighted by molar-refractivity contribution is -0.113. The van der Waals surface area contributed by atoms with Crippen molar-refractivity contribution < 1.29 is 9.59 Å². The Morgan fingerprint density at radius 1 is 1.09 bits per heavy atom. The van der Waals surface area contributed by atoms with Gasteiger partial charge in [-0.15, -0.1) is 10.2 Å². The largest absolute Gasteiger partial charge is 0.342 e. The molecule has 2 amide bonds. The van der Waals surface area contributed by atoms with Gasteiger partial charge in [-0.05, 0) is 49.9 Å². The molecule has 9 heteroatoms. The van der Waals surface area contributed by atoms with Crippen LogP contribution < -0.4 is 10.6 Å². The summed E-state index contributed by atoms with van der Waals surface area (Å²) in [5, 5.41) is 15.8.